The maximum absolute atomic E-state index is 11.8. The monoisotopic (exact) mass is 418 g/mol. The van der Waals surface area contributed by atoms with Crippen molar-refractivity contribution >= 4 is 31.9 Å². The van der Waals surface area contributed by atoms with Crippen LogP contribution in [-0.4, -0.2) is 22.9 Å². The first-order valence-corrected chi connectivity index (χ1v) is 10.7. The molecule has 0 radical (unpaired) electrons. The number of pyridine rings is 2. The smallest absolute Gasteiger partial charge is 0.743 e. The second-order valence-corrected chi connectivity index (χ2v) is 8.24. The predicted molar refractivity (Wildman–Crippen MR) is 116 cm³/mol. The number of fused-ring (bicyclic) bond motifs is 3. The van der Waals surface area contributed by atoms with E-state index in [1.54, 1.807) is 6.20 Å². The van der Waals surface area contributed by atoms with E-state index in [2.05, 4.69) is 9.97 Å². The molecule has 7 heteroatoms. The third kappa shape index (κ3) is 3.87. The molecule has 0 N–H and O–H groups in total. The molecule has 0 saturated carbocycles. The standard InChI is InChI=1S/C24H16N2O3S.Li/c27-30(28,29)22-15-21(17-9-5-2-6-10-17)20-12-11-19-18(16-7-3-1-4-8-16)13-14-25-23(19)24(20)26-22;/h1-15H,(H,27,28,29);/q;+1/p-1. The van der Waals surface area contributed by atoms with E-state index >= 15 is 0 Å². The number of aromatic nitrogens is 2. The second kappa shape index (κ2) is 8.26. The van der Waals surface area contributed by atoms with E-state index in [4.69, 9.17) is 0 Å². The van der Waals surface area contributed by atoms with Crippen LogP contribution < -0.4 is 18.9 Å². The number of hydrogen-bond acceptors (Lipinski definition) is 5. The van der Waals surface area contributed by atoms with Gasteiger partial charge in [-0.2, -0.15) is 0 Å². The van der Waals surface area contributed by atoms with Crippen molar-refractivity contribution in [1.29, 1.82) is 0 Å². The van der Waals surface area contributed by atoms with Gasteiger partial charge in [-0.15, -0.1) is 0 Å². The molecular formula is C24H15LiN2O3S. The summed E-state index contributed by atoms with van der Waals surface area (Å²) in [6, 6.07) is 26.3. The number of hydrogen-bond donors (Lipinski definition) is 0. The molecule has 0 bridgehead atoms. The van der Waals surface area contributed by atoms with Crippen molar-refractivity contribution < 1.29 is 31.8 Å². The quantitative estimate of drug-likeness (QED) is 0.254. The van der Waals surface area contributed by atoms with E-state index < -0.39 is 15.1 Å². The van der Waals surface area contributed by atoms with Crippen LogP contribution in [0.5, 0.6) is 0 Å². The Hall–Kier alpha value is -3.01. The number of nitrogens with zero attached hydrogens (tertiary/aromatic N) is 2. The molecule has 2 heterocycles. The summed E-state index contributed by atoms with van der Waals surface area (Å²) in [5.74, 6) is 0. The molecule has 5 rings (SSSR count). The predicted octanol–water partition coefficient (Wildman–Crippen LogP) is 2.03. The summed E-state index contributed by atoms with van der Waals surface area (Å²) in [5, 5.41) is 1.07. The molecule has 0 aliphatic heterocycles. The van der Waals surface area contributed by atoms with Gasteiger partial charge in [0.05, 0.1) is 11.0 Å². The first-order valence-electron chi connectivity index (χ1n) is 9.31. The van der Waals surface area contributed by atoms with Crippen LogP contribution in [0.2, 0.25) is 0 Å². The van der Waals surface area contributed by atoms with Crippen LogP contribution >= 0.6 is 0 Å². The first-order chi connectivity index (χ1) is 14.5. The minimum absolute atomic E-state index is 0. The largest absolute Gasteiger partial charge is 1.00 e. The van der Waals surface area contributed by atoms with Crippen LogP contribution in [0.3, 0.4) is 0 Å². The summed E-state index contributed by atoms with van der Waals surface area (Å²) in [5.41, 5.74) is 4.34. The molecule has 3 aromatic carbocycles. The van der Waals surface area contributed by atoms with Crippen molar-refractivity contribution in [2.75, 3.05) is 0 Å². The zero-order valence-corrected chi connectivity index (χ0v) is 17.5. The molecule has 0 amide bonds. The van der Waals surface area contributed by atoms with Gasteiger partial charge in [-0.05, 0) is 34.4 Å². The molecule has 31 heavy (non-hydrogen) atoms. The molecule has 2 aromatic heterocycles. The summed E-state index contributed by atoms with van der Waals surface area (Å²) >= 11 is 0. The van der Waals surface area contributed by atoms with Crippen LogP contribution in [0.25, 0.3) is 44.1 Å². The van der Waals surface area contributed by atoms with Gasteiger partial charge in [0.25, 0.3) is 0 Å². The van der Waals surface area contributed by atoms with Crippen molar-refractivity contribution in [3.8, 4) is 22.3 Å². The van der Waals surface area contributed by atoms with Gasteiger partial charge in [-0.3, -0.25) is 4.98 Å². The SMILES string of the molecule is O=S(=O)([O-])c1cc(-c2ccccc2)c2ccc3c(-c4ccccc4)ccnc3c2n1.[Li+]. The van der Waals surface area contributed by atoms with Crippen molar-refractivity contribution in [3.63, 3.8) is 0 Å². The average Bonchev–Trinajstić information content (AvgIpc) is 2.78. The van der Waals surface area contributed by atoms with Gasteiger partial charge in [0.2, 0.25) is 0 Å². The van der Waals surface area contributed by atoms with Crippen LogP contribution in [0.4, 0.5) is 0 Å². The Morgan fingerprint density at radius 1 is 0.677 bits per heavy atom. The van der Waals surface area contributed by atoms with Gasteiger partial charge >= 0.3 is 18.9 Å². The molecule has 0 atom stereocenters. The summed E-state index contributed by atoms with van der Waals surface area (Å²) in [7, 11) is -4.74. The first kappa shape index (κ1) is 21.2. The van der Waals surface area contributed by atoms with Crippen LogP contribution in [0.1, 0.15) is 0 Å². The van der Waals surface area contributed by atoms with E-state index in [1.807, 2.05) is 78.9 Å². The van der Waals surface area contributed by atoms with Gasteiger partial charge in [0.1, 0.15) is 15.1 Å². The maximum Gasteiger partial charge on any atom is 1.00 e. The molecule has 0 aliphatic rings. The van der Waals surface area contributed by atoms with E-state index in [0.29, 0.717) is 16.6 Å². The fraction of sp³-hybridized carbons (Fsp3) is 0. The van der Waals surface area contributed by atoms with Crippen LogP contribution in [0.15, 0.2) is 96.2 Å². The van der Waals surface area contributed by atoms with Crippen LogP contribution in [0, 0.1) is 0 Å². The Morgan fingerprint density at radius 2 is 1.23 bits per heavy atom. The topological polar surface area (TPSA) is 83.0 Å². The third-order valence-electron chi connectivity index (χ3n) is 5.09. The Morgan fingerprint density at radius 3 is 1.81 bits per heavy atom. The summed E-state index contributed by atoms with van der Waals surface area (Å²) in [6.45, 7) is 0. The van der Waals surface area contributed by atoms with E-state index in [0.717, 1.165) is 27.5 Å². The minimum atomic E-state index is -4.74. The van der Waals surface area contributed by atoms with E-state index in [1.165, 1.54) is 6.07 Å². The van der Waals surface area contributed by atoms with Gasteiger partial charge in [0, 0.05) is 17.0 Å². The summed E-state index contributed by atoms with van der Waals surface area (Å²) in [6.07, 6.45) is 1.67. The molecule has 0 aliphatic carbocycles. The third-order valence-corrected chi connectivity index (χ3v) is 5.81. The van der Waals surface area contributed by atoms with E-state index in [-0.39, 0.29) is 18.9 Å². The maximum atomic E-state index is 11.8. The molecular weight excluding hydrogens is 403 g/mol. The van der Waals surface area contributed by atoms with Gasteiger partial charge in [-0.25, -0.2) is 13.4 Å². The zero-order valence-electron chi connectivity index (χ0n) is 16.7. The molecule has 5 nitrogen and oxygen atoms in total. The molecule has 5 aromatic rings. The molecule has 146 valence electrons. The van der Waals surface area contributed by atoms with Crippen molar-refractivity contribution in [2.45, 2.75) is 5.03 Å². The minimum Gasteiger partial charge on any atom is -0.743 e. The van der Waals surface area contributed by atoms with Gasteiger partial charge in [-0.1, -0.05) is 72.8 Å². The normalized spacial score (nSPS) is 11.4. The van der Waals surface area contributed by atoms with Crippen molar-refractivity contribution in [2.24, 2.45) is 0 Å². The Balaban J connectivity index is 0.00000231. The fourth-order valence-corrected chi connectivity index (χ4v) is 4.20. The van der Waals surface area contributed by atoms with Crippen molar-refractivity contribution in [3.05, 3.63) is 91.1 Å². The Bertz CT molecular complexity index is 1510. The zero-order chi connectivity index (χ0) is 20.7. The van der Waals surface area contributed by atoms with E-state index in [9.17, 15) is 13.0 Å². The molecule has 0 spiro atoms. The number of rotatable bonds is 3. The fourth-order valence-electron chi connectivity index (χ4n) is 3.73. The summed E-state index contributed by atoms with van der Waals surface area (Å²) in [4.78, 5) is 8.73. The van der Waals surface area contributed by atoms with Gasteiger partial charge in [0.15, 0.2) is 0 Å². The Labute approximate surface area is 191 Å². The van der Waals surface area contributed by atoms with Crippen LogP contribution in [-0.2, 0) is 10.1 Å². The molecule has 0 fully saturated rings. The average molecular weight is 418 g/mol. The molecule has 0 saturated heterocycles. The number of benzene rings is 3. The van der Waals surface area contributed by atoms with Crippen molar-refractivity contribution in [1.82, 2.24) is 9.97 Å². The Kier molecular flexibility index (Phi) is 5.65. The summed E-state index contributed by atoms with van der Waals surface area (Å²) < 4.78 is 35.5. The second-order valence-electron chi connectivity index (χ2n) is 6.91. The van der Waals surface area contributed by atoms with Gasteiger partial charge < -0.3 is 4.55 Å². The molecule has 0 unspecified atom stereocenters.